The maximum absolute atomic E-state index is 2.20. The third kappa shape index (κ3) is 1.65. The van der Waals surface area contributed by atoms with Crippen molar-refractivity contribution in [1.82, 2.24) is 4.57 Å². The van der Waals surface area contributed by atoms with Gasteiger partial charge < -0.3 is 4.57 Å². The van der Waals surface area contributed by atoms with Gasteiger partial charge in [0, 0.05) is 5.52 Å². The van der Waals surface area contributed by atoms with E-state index in [9.17, 15) is 0 Å². The van der Waals surface area contributed by atoms with E-state index in [1.807, 2.05) is 6.08 Å². The Kier molecular flexibility index (Phi) is 2.77. The minimum Gasteiger partial charge on any atom is -0.342 e. The predicted octanol–water partition coefficient (Wildman–Crippen LogP) is 0.238. The van der Waals surface area contributed by atoms with Gasteiger partial charge in [0.25, 0.3) is 0 Å². The van der Waals surface area contributed by atoms with Crippen LogP contribution in [0.1, 0.15) is 5.69 Å². The third-order valence-corrected chi connectivity index (χ3v) is 2.50. The molecule has 0 amide bonds. The number of fused-ring (bicyclic) bond motifs is 3. The zero-order chi connectivity index (χ0) is 9.38. The molecule has 0 N–H and O–H groups in total. The van der Waals surface area contributed by atoms with Crippen LogP contribution in [0.4, 0.5) is 0 Å². The van der Waals surface area contributed by atoms with E-state index in [4.69, 9.17) is 0 Å². The van der Waals surface area contributed by atoms with Crippen LogP contribution < -0.4 is 18.9 Å². The van der Waals surface area contributed by atoms with E-state index in [0.29, 0.717) is 0 Å². The van der Waals surface area contributed by atoms with E-state index in [-0.39, 0.29) is 18.9 Å². The van der Waals surface area contributed by atoms with Gasteiger partial charge in [0.15, 0.2) is 0 Å². The van der Waals surface area contributed by atoms with Crippen LogP contribution in [-0.4, -0.2) is 4.57 Å². The Balaban J connectivity index is 0.000000853. The fourth-order valence-electron chi connectivity index (χ4n) is 1.85. The predicted molar refractivity (Wildman–Crippen MR) is 59.8 cm³/mol. The number of para-hydroxylation sites is 1. The molecule has 1 nitrogen and oxygen atoms in total. The summed E-state index contributed by atoms with van der Waals surface area (Å²) in [6.07, 6.45) is 10.4. The maximum Gasteiger partial charge on any atom is 1.00 e. The van der Waals surface area contributed by atoms with Crippen LogP contribution in [-0.2, 0) is 0 Å². The molecule has 0 fully saturated rings. The Labute approximate surface area is 101 Å². The van der Waals surface area contributed by atoms with Gasteiger partial charge in [-0.2, -0.15) is 12.2 Å². The van der Waals surface area contributed by atoms with Gasteiger partial charge in [0.2, 0.25) is 0 Å². The van der Waals surface area contributed by atoms with Gasteiger partial charge in [-0.1, -0.05) is 29.3 Å². The van der Waals surface area contributed by atoms with Crippen LogP contribution in [0.2, 0.25) is 0 Å². The van der Waals surface area contributed by atoms with Gasteiger partial charge in [0.1, 0.15) is 0 Å². The zero-order valence-electron chi connectivity index (χ0n) is 8.72. The summed E-state index contributed by atoms with van der Waals surface area (Å²) in [5.41, 5.74) is 2.50. The molecule has 2 heteroatoms. The second-order valence-electron chi connectivity index (χ2n) is 3.39. The normalized spacial score (nSPS) is 12.8. The summed E-state index contributed by atoms with van der Waals surface area (Å²) >= 11 is 0. The van der Waals surface area contributed by atoms with E-state index in [0.717, 1.165) is 0 Å². The Hall–Kier alpha value is -1.29. The van der Waals surface area contributed by atoms with Crippen molar-refractivity contribution < 1.29 is 18.9 Å². The zero-order valence-corrected chi connectivity index (χ0v) is 8.72. The van der Waals surface area contributed by atoms with Gasteiger partial charge in [-0.15, -0.1) is 18.6 Å². The summed E-state index contributed by atoms with van der Waals surface area (Å²) in [5.74, 6) is 0. The van der Waals surface area contributed by atoms with E-state index >= 15 is 0 Å². The quantitative estimate of drug-likeness (QED) is 0.411. The third-order valence-electron chi connectivity index (χ3n) is 2.50. The molecule has 0 saturated heterocycles. The van der Waals surface area contributed by atoms with Crippen LogP contribution in [0.15, 0.2) is 48.6 Å². The Morgan fingerprint density at radius 1 is 1.07 bits per heavy atom. The second-order valence-corrected chi connectivity index (χ2v) is 3.39. The molecule has 3 rings (SSSR count). The van der Waals surface area contributed by atoms with Gasteiger partial charge in [-0.25, -0.2) is 0 Å². The number of hydrogen-bond acceptors (Lipinski definition) is 0. The van der Waals surface area contributed by atoms with E-state index < -0.39 is 0 Å². The fourth-order valence-corrected chi connectivity index (χ4v) is 1.85. The molecule has 0 radical (unpaired) electrons. The molecule has 2 aromatic rings. The van der Waals surface area contributed by atoms with Crippen molar-refractivity contribution >= 4 is 17.1 Å². The van der Waals surface area contributed by atoms with Crippen molar-refractivity contribution in [3.8, 4) is 0 Å². The Bertz CT molecular complexity index is 534. The minimum atomic E-state index is 0. The Morgan fingerprint density at radius 3 is 2.87 bits per heavy atom. The van der Waals surface area contributed by atoms with Crippen LogP contribution in [0.3, 0.4) is 0 Å². The van der Waals surface area contributed by atoms with Gasteiger partial charge >= 0.3 is 18.9 Å². The summed E-state index contributed by atoms with van der Waals surface area (Å²) in [5, 5.41) is 1.29. The summed E-state index contributed by atoms with van der Waals surface area (Å²) in [6, 6.07) is 10.6. The summed E-state index contributed by atoms with van der Waals surface area (Å²) in [4.78, 5) is 0. The van der Waals surface area contributed by atoms with E-state index in [1.54, 1.807) is 0 Å². The second kappa shape index (κ2) is 4.06. The first-order valence-corrected chi connectivity index (χ1v) is 4.73. The van der Waals surface area contributed by atoms with Crippen LogP contribution >= 0.6 is 0 Å². The molecule has 0 atom stereocenters. The van der Waals surface area contributed by atoms with Gasteiger partial charge in [-0.05, 0) is 12.3 Å². The maximum atomic E-state index is 2.20. The first-order valence-electron chi connectivity index (χ1n) is 4.73. The standard InChI is InChI=1S/C13H10N.Li/c1-2-7-12-10-11-6-3-4-8-13(11)14(12)9-5-1;/h1-10H;/q-1;+1. The first-order chi connectivity index (χ1) is 6.95. The van der Waals surface area contributed by atoms with Crippen molar-refractivity contribution in [1.29, 1.82) is 0 Å². The molecule has 1 aromatic carbocycles. The van der Waals surface area contributed by atoms with E-state index in [1.165, 1.54) is 16.6 Å². The molecule has 1 aromatic heterocycles. The van der Waals surface area contributed by atoms with Crippen LogP contribution in [0, 0.1) is 6.42 Å². The average Bonchev–Trinajstić information content (AvgIpc) is 2.42. The molecule has 0 bridgehead atoms. The van der Waals surface area contributed by atoms with Gasteiger partial charge in [-0.3, -0.25) is 0 Å². The van der Waals surface area contributed by atoms with Crippen molar-refractivity contribution in [3.63, 3.8) is 0 Å². The molecule has 0 saturated carbocycles. The van der Waals surface area contributed by atoms with Crippen LogP contribution in [0.25, 0.3) is 17.1 Å². The number of benzene rings is 1. The van der Waals surface area contributed by atoms with Crippen molar-refractivity contribution in [2.45, 2.75) is 0 Å². The molecule has 15 heavy (non-hydrogen) atoms. The number of aromatic nitrogens is 1. The fraction of sp³-hybridized carbons (Fsp3) is 0. The van der Waals surface area contributed by atoms with Crippen LogP contribution in [0.5, 0.6) is 0 Å². The molecular formula is C13H10LiN. The smallest absolute Gasteiger partial charge is 0.342 e. The summed E-state index contributed by atoms with van der Waals surface area (Å²) in [6.45, 7) is 0. The number of allylic oxidation sites excluding steroid dienone is 3. The first kappa shape index (κ1) is 10.2. The largest absolute Gasteiger partial charge is 1.00 e. The monoisotopic (exact) mass is 187 g/mol. The number of rotatable bonds is 0. The molecule has 1 aliphatic rings. The minimum absolute atomic E-state index is 0. The topological polar surface area (TPSA) is 4.93 Å². The van der Waals surface area contributed by atoms with Crippen molar-refractivity contribution in [2.24, 2.45) is 0 Å². The molecule has 1 aliphatic heterocycles. The molecular weight excluding hydrogens is 177 g/mol. The number of nitrogens with zero attached hydrogens (tertiary/aromatic N) is 1. The average molecular weight is 187 g/mol. The van der Waals surface area contributed by atoms with E-state index in [2.05, 4.69) is 59.7 Å². The molecule has 0 unspecified atom stereocenters. The summed E-state index contributed by atoms with van der Waals surface area (Å²) < 4.78 is 2.20. The molecule has 2 heterocycles. The molecule has 68 valence electrons. The molecule has 0 aliphatic carbocycles. The SMILES string of the molecule is C1=C[CH-]c2cc3ccccc3n2C=C1.[Li+]. The summed E-state index contributed by atoms with van der Waals surface area (Å²) in [7, 11) is 0. The number of hydrogen-bond donors (Lipinski definition) is 0. The van der Waals surface area contributed by atoms with Gasteiger partial charge in [0.05, 0.1) is 0 Å². The molecule has 0 spiro atoms. The Morgan fingerprint density at radius 2 is 1.93 bits per heavy atom. The van der Waals surface area contributed by atoms with Crippen molar-refractivity contribution in [3.05, 3.63) is 60.7 Å². The van der Waals surface area contributed by atoms with Crippen molar-refractivity contribution in [2.75, 3.05) is 0 Å².